The largest absolute Gasteiger partial charge is 0.385 e. The lowest BCUT2D eigenvalue weighted by Crippen LogP contribution is -2.48. The maximum atomic E-state index is 5.16. The number of aryl methyl sites for hydroxylation is 2. The van der Waals surface area contributed by atoms with Crippen LogP contribution in [-0.2, 0) is 11.3 Å². The number of para-hydroxylation sites is 1. The molecule has 1 aliphatic heterocycles. The Hall–Kier alpha value is -2.38. The minimum atomic E-state index is 0.459. The molecule has 2 aromatic rings. The second-order valence-corrected chi connectivity index (χ2v) is 8.00. The number of likely N-dealkylation sites (tertiary alicyclic amines) is 1. The van der Waals surface area contributed by atoms with Gasteiger partial charge in [-0.3, -0.25) is 4.99 Å². The van der Waals surface area contributed by atoms with Crippen LogP contribution in [0.25, 0.3) is 5.69 Å². The van der Waals surface area contributed by atoms with Crippen molar-refractivity contribution in [3.63, 3.8) is 0 Å². The molecule has 1 fully saturated rings. The van der Waals surface area contributed by atoms with Crippen LogP contribution >= 0.6 is 0 Å². The summed E-state index contributed by atoms with van der Waals surface area (Å²) in [5.41, 5.74) is 4.47. The molecule has 0 atom stereocenters. The Morgan fingerprint density at radius 1 is 1.23 bits per heavy atom. The van der Waals surface area contributed by atoms with Crippen molar-refractivity contribution < 1.29 is 4.74 Å². The summed E-state index contributed by atoms with van der Waals surface area (Å²) in [7, 11) is 3.60. The molecule has 0 amide bonds. The molecule has 0 radical (unpaired) electrons. The van der Waals surface area contributed by atoms with Crippen molar-refractivity contribution in [2.45, 2.75) is 45.7 Å². The monoisotopic (exact) mass is 412 g/mol. The molecule has 1 aromatic carbocycles. The van der Waals surface area contributed by atoms with E-state index in [-0.39, 0.29) is 0 Å². The molecular weight excluding hydrogens is 376 g/mol. The van der Waals surface area contributed by atoms with Crippen LogP contribution in [0.15, 0.2) is 35.3 Å². The Morgan fingerprint density at radius 2 is 2.00 bits per heavy atom. The van der Waals surface area contributed by atoms with Gasteiger partial charge in [0.25, 0.3) is 0 Å². The Balaban J connectivity index is 1.53. The van der Waals surface area contributed by atoms with Gasteiger partial charge in [0.05, 0.1) is 11.4 Å². The van der Waals surface area contributed by atoms with Crippen molar-refractivity contribution in [3.8, 4) is 5.69 Å². The number of hydrogen-bond donors (Lipinski definition) is 2. The first-order valence-corrected chi connectivity index (χ1v) is 10.9. The van der Waals surface area contributed by atoms with Gasteiger partial charge < -0.3 is 20.3 Å². The number of nitrogens with zero attached hydrogens (tertiary/aromatic N) is 4. The number of piperidine rings is 1. The minimum Gasteiger partial charge on any atom is -0.385 e. The number of guanidine groups is 1. The number of methoxy groups -OCH3 is 1. The first-order valence-electron chi connectivity index (χ1n) is 10.9. The van der Waals surface area contributed by atoms with E-state index >= 15 is 0 Å². The van der Waals surface area contributed by atoms with Crippen molar-refractivity contribution in [1.82, 2.24) is 25.3 Å². The van der Waals surface area contributed by atoms with Crippen LogP contribution in [0, 0.1) is 13.8 Å². The first kappa shape index (κ1) is 22.3. The normalized spacial score (nSPS) is 16.1. The Kier molecular flexibility index (Phi) is 8.28. The lowest BCUT2D eigenvalue weighted by atomic mass is 10.1. The van der Waals surface area contributed by atoms with Gasteiger partial charge in [-0.1, -0.05) is 18.2 Å². The predicted octanol–water partition coefficient (Wildman–Crippen LogP) is 2.66. The van der Waals surface area contributed by atoms with E-state index in [0.717, 1.165) is 68.5 Å². The summed E-state index contributed by atoms with van der Waals surface area (Å²) in [6, 6.07) is 11.0. The molecular formula is C23H36N6O. The van der Waals surface area contributed by atoms with Crippen LogP contribution in [0.2, 0.25) is 0 Å². The summed E-state index contributed by atoms with van der Waals surface area (Å²) < 4.78 is 7.18. The third-order valence-corrected chi connectivity index (χ3v) is 5.65. The number of aromatic nitrogens is 2. The van der Waals surface area contributed by atoms with E-state index in [1.165, 1.54) is 5.56 Å². The smallest absolute Gasteiger partial charge is 0.191 e. The van der Waals surface area contributed by atoms with Crippen molar-refractivity contribution in [2.24, 2.45) is 4.99 Å². The molecule has 0 unspecified atom stereocenters. The van der Waals surface area contributed by atoms with Gasteiger partial charge in [0.2, 0.25) is 0 Å². The molecule has 1 aromatic heterocycles. The molecule has 164 valence electrons. The Labute approximate surface area is 180 Å². The van der Waals surface area contributed by atoms with Gasteiger partial charge in [-0.25, -0.2) is 4.68 Å². The van der Waals surface area contributed by atoms with E-state index in [9.17, 15) is 0 Å². The summed E-state index contributed by atoms with van der Waals surface area (Å²) in [6.45, 7) is 9.03. The van der Waals surface area contributed by atoms with Gasteiger partial charge in [-0.05, 0) is 50.8 Å². The Bertz CT molecular complexity index is 823. The van der Waals surface area contributed by atoms with Crippen molar-refractivity contribution in [3.05, 3.63) is 47.3 Å². The highest BCUT2D eigenvalue weighted by Gasteiger charge is 2.19. The van der Waals surface area contributed by atoms with Crippen LogP contribution < -0.4 is 10.6 Å². The number of ether oxygens (including phenoxy) is 1. The number of nitrogens with one attached hydrogen (secondary N) is 2. The predicted molar refractivity (Wildman–Crippen MR) is 122 cm³/mol. The third kappa shape index (κ3) is 6.06. The lowest BCUT2D eigenvalue weighted by Gasteiger charge is -2.33. The molecule has 0 aliphatic carbocycles. The quantitative estimate of drug-likeness (QED) is 0.396. The van der Waals surface area contributed by atoms with E-state index in [1.54, 1.807) is 7.11 Å². The maximum Gasteiger partial charge on any atom is 0.191 e. The average molecular weight is 413 g/mol. The standard InChI is InChI=1S/C23H36N6O/c1-18-16-19(2)29(27-18)22-9-6-5-8-20(22)17-25-23(24-3)26-21-10-13-28(14-11-21)12-7-15-30-4/h5-6,8-9,16,21H,7,10-15,17H2,1-4H3,(H2,24,25,26). The number of hydrogen-bond acceptors (Lipinski definition) is 4. The summed E-state index contributed by atoms with van der Waals surface area (Å²) in [5.74, 6) is 0.857. The van der Waals surface area contributed by atoms with Gasteiger partial charge in [0.15, 0.2) is 5.96 Å². The van der Waals surface area contributed by atoms with E-state index < -0.39 is 0 Å². The number of benzene rings is 1. The highest BCUT2D eigenvalue weighted by atomic mass is 16.5. The molecule has 7 nitrogen and oxygen atoms in total. The molecule has 2 N–H and O–H groups in total. The van der Waals surface area contributed by atoms with Gasteiger partial charge in [-0.2, -0.15) is 5.10 Å². The van der Waals surface area contributed by atoms with Gasteiger partial charge >= 0.3 is 0 Å². The molecule has 3 rings (SSSR count). The maximum absolute atomic E-state index is 5.16. The fourth-order valence-electron chi connectivity index (χ4n) is 4.04. The highest BCUT2D eigenvalue weighted by molar-refractivity contribution is 5.80. The zero-order chi connectivity index (χ0) is 21.3. The van der Waals surface area contributed by atoms with Crippen LogP contribution in [-0.4, -0.2) is 67.1 Å². The summed E-state index contributed by atoms with van der Waals surface area (Å²) in [5, 5.41) is 11.7. The highest BCUT2D eigenvalue weighted by Crippen LogP contribution is 2.17. The number of aliphatic imine (C=N–C) groups is 1. The van der Waals surface area contributed by atoms with Crippen molar-refractivity contribution >= 4 is 5.96 Å². The van der Waals surface area contributed by atoms with E-state index in [2.05, 4.69) is 62.9 Å². The van der Waals surface area contributed by atoms with E-state index in [4.69, 9.17) is 4.74 Å². The molecule has 1 aliphatic rings. The minimum absolute atomic E-state index is 0.459. The first-order chi connectivity index (χ1) is 14.6. The fraction of sp³-hybridized carbons (Fsp3) is 0.565. The zero-order valence-electron chi connectivity index (χ0n) is 18.8. The third-order valence-electron chi connectivity index (χ3n) is 5.65. The zero-order valence-corrected chi connectivity index (χ0v) is 18.8. The summed E-state index contributed by atoms with van der Waals surface area (Å²) in [6.07, 6.45) is 3.37. The summed E-state index contributed by atoms with van der Waals surface area (Å²) >= 11 is 0. The van der Waals surface area contributed by atoms with E-state index in [0.29, 0.717) is 12.6 Å². The molecule has 0 saturated carbocycles. The van der Waals surface area contributed by atoms with Crippen molar-refractivity contribution in [1.29, 1.82) is 0 Å². The molecule has 7 heteroatoms. The lowest BCUT2D eigenvalue weighted by molar-refractivity contribution is 0.155. The summed E-state index contributed by atoms with van der Waals surface area (Å²) in [4.78, 5) is 6.97. The topological polar surface area (TPSA) is 66.7 Å². The van der Waals surface area contributed by atoms with Crippen molar-refractivity contribution in [2.75, 3.05) is 40.4 Å². The molecule has 2 heterocycles. The SMILES string of the molecule is CN=C(NCc1ccccc1-n1nc(C)cc1C)NC1CCN(CCCOC)CC1. The second-order valence-electron chi connectivity index (χ2n) is 8.00. The fourth-order valence-corrected chi connectivity index (χ4v) is 4.04. The van der Waals surface area contributed by atoms with Gasteiger partial charge in [0.1, 0.15) is 0 Å². The number of rotatable bonds is 8. The Morgan fingerprint density at radius 3 is 2.67 bits per heavy atom. The molecule has 0 bridgehead atoms. The van der Waals surface area contributed by atoms with Crippen LogP contribution in [0.1, 0.15) is 36.2 Å². The molecule has 1 saturated heterocycles. The molecule has 0 spiro atoms. The van der Waals surface area contributed by atoms with Crippen LogP contribution in [0.4, 0.5) is 0 Å². The van der Waals surface area contributed by atoms with Gasteiger partial charge in [-0.15, -0.1) is 0 Å². The van der Waals surface area contributed by atoms with Gasteiger partial charge in [0, 0.05) is 58.7 Å². The van der Waals surface area contributed by atoms with E-state index in [1.807, 2.05) is 18.7 Å². The second kappa shape index (κ2) is 11.1. The van der Waals surface area contributed by atoms with Crippen LogP contribution in [0.3, 0.4) is 0 Å². The average Bonchev–Trinajstić information content (AvgIpc) is 3.10. The molecule has 30 heavy (non-hydrogen) atoms. The van der Waals surface area contributed by atoms with Crippen LogP contribution in [0.5, 0.6) is 0 Å².